The number of benzene rings is 3. The van der Waals surface area contributed by atoms with E-state index >= 15 is 0 Å². The number of phenolic OH excluding ortho intramolecular Hbond substituents is 1. The second kappa shape index (κ2) is 6.77. The molecule has 1 atom stereocenters. The van der Waals surface area contributed by atoms with Crippen LogP contribution in [-0.4, -0.2) is 35.6 Å². The van der Waals surface area contributed by atoms with Gasteiger partial charge in [0.15, 0.2) is 0 Å². The number of nitrogens with zero attached hydrogens (tertiary/aromatic N) is 1. The molecule has 26 heavy (non-hydrogen) atoms. The van der Waals surface area contributed by atoms with Crippen molar-refractivity contribution in [1.82, 2.24) is 4.90 Å². The molecular formula is C21H18FNO3. The molecule has 0 aromatic heterocycles. The van der Waals surface area contributed by atoms with Gasteiger partial charge in [-0.1, -0.05) is 36.4 Å². The van der Waals surface area contributed by atoms with Gasteiger partial charge >= 0.3 is 0 Å². The molecule has 132 valence electrons. The minimum Gasteiger partial charge on any atom is -0.507 e. The molecule has 3 aromatic carbocycles. The van der Waals surface area contributed by atoms with Crippen LogP contribution in [0.4, 0.5) is 4.39 Å². The first-order valence-corrected chi connectivity index (χ1v) is 8.50. The van der Waals surface area contributed by atoms with Crippen LogP contribution in [0.25, 0.3) is 10.8 Å². The Balaban J connectivity index is 1.59. The lowest BCUT2D eigenvalue weighted by atomic mass is 10.0. The lowest BCUT2D eigenvalue weighted by Gasteiger charge is -2.33. The molecule has 0 bridgehead atoms. The van der Waals surface area contributed by atoms with Gasteiger partial charge in [-0.15, -0.1) is 0 Å². The summed E-state index contributed by atoms with van der Waals surface area (Å²) in [4.78, 5) is 14.6. The zero-order valence-electron chi connectivity index (χ0n) is 14.1. The van der Waals surface area contributed by atoms with Crippen molar-refractivity contribution in [3.8, 4) is 5.75 Å². The largest absolute Gasteiger partial charge is 0.507 e. The number of fused-ring (bicyclic) bond motifs is 1. The van der Waals surface area contributed by atoms with Gasteiger partial charge in [-0.25, -0.2) is 4.39 Å². The highest BCUT2D eigenvalue weighted by molar-refractivity contribution is 6.01. The monoisotopic (exact) mass is 351 g/mol. The van der Waals surface area contributed by atoms with E-state index in [4.69, 9.17) is 4.74 Å². The van der Waals surface area contributed by atoms with Crippen molar-refractivity contribution in [3.05, 3.63) is 77.6 Å². The van der Waals surface area contributed by atoms with Crippen LogP contribution in [0.2, 0.25) is 0 Å². The van der Waals surface area contributed by atoms with Crippen molar-refractivity contribution in [2.75, 3.05) is 19.7 Å². The van der Waals surface area contributed by atoms with Gasteiger partial charge in [0.05, 0.1) is 18.7 Å². The van der Waals surface area contributed by atoms with Gasteiger partial charge in [-0.05, 0) is 40.6 Å². The van der Waals surface area contributed by atoms with Crippen LogP contribution in [0.15, 0.2) is 60.7 Å². The summed E-state index contributed by atoms with van der Waals surface area (Å²) in [6, 6.07) is 17.0. The Morgan fingerprint density at radius 2 is 1.77 bits per heavy atom. The van der Waals surface area contributed by atoms with Crippen LogP contribution in [0, 0.1) is 5.82 Å². The van der Waals surface area contributed by atoms with Crippen LogP contribution in [-0.2, 0) is 4.74 Å². The van der Waals surface area contributed by atoms with Gasteiger partial charge in [0, 0.05) is 6.54 Å². The van der Waals surface area contributed by atoms with Gasteiger partial charge in [0.2, 0.25) is 0 Å². The lowest BCUT2D eigenvalue weighted by Crippen LogP contribution is -2.42. The number of morpholine rings is 1. The Morgan fingerprint density at radius 1 is 1.08 bits per heavy atom. The number of phenols is 1. The summed E-state index contributed by atoms with van der Waals surface area (Å²) < 4.78 is 18.9. The van der Waals surface area contributed by atoms with E-state index in [9.17, 15) is 14.3 Å². The number of halogens is 1. The number of aromatic hydroxyl groups is 1. The summed E-state index contributed by atoms with van der Waals surface area (Å²) in [5.74, 6) is -0.569. The summed E-state index contributed by atoms with van der Waals surface area (Å²) >= 11 is 0. The molecule has 0 radical (unpaired) electrons. The zero-order valence-corrected chi connectivity index (χ0v) is 14.1. The number of carbonyl (C=O) groups excluding carboxylic acids is 1. The van der Waals surface area contributed by atoms with Crippen LogP contribution in [0.3, 0.4) is 0 Å². The van der Waals surface area contributed by atoms with E-state index in [1.165, 1.54) is 12.1 Å². The summed E-state index contributed by atoms with van der Waals surface area (Å²) in [6.45, 7) is 1.20. The molecule has 1 N–H and O–H groups in total. The number of hydrogen-bond donors (Lipinski definition) is 1. The molecule has 1 amide bonds. The van der Waals surface area contributed by atoms with E-state index in [0.717, 1.165) is 16.3 Å². The predicted octanol–water partition coefficient (Wildman–Crippen LogP) is 3.90. The maximum absolute atomic E-state index is 13.1. The zero-order chi connectivity index (χ0) is 18.1. The minimum atomic E-state index is -0.309. The predicted molar refractivity (Wildman–Crippen MR) is 96.6 cm³/mol. The summed E-state index contributed by atoms with van der Waals surface area (Å²) in [6.07, 6.45) is -0.309. The van der Waals surface area contributed by atoms with Crippen LogP contribution < -0.4 is 0 Å². The van der Waals surface area contributed by atoms with Gasteiger partial charge in [-0.3, -0.25) is 4.79 Å². The van der Waals surface area contributed by atoms with Crippen molar-refractivity contribution in [2.45, 2.75) is 6.10 Å². The first-order chi connectivity index (χ1) is 12.6. The summed E-state index contributed by atoms with van der Waals surface area (Å²) in [5.41, 5.74) is 1.11. The number of carbonyl (C=O) groups is 1. The number of rotatable bonds is 2. The molecule has 1 heterocycles. The number of hydrogen-bond acceptors (Lipinski definition) is 3. The molecular weight excluding hydrogens is 333 g/mol. The van der Waals surface area contributed by atoms with E-state index in [-0.39, 0.29) is 29.1 Å². The van der Waals surface area contributed by atoms with Crippen molar-refractivity contribution >= 4 is 16.7 Å². The van der Waals surface area contributed by atoms with Gasteiger partial charge in [0.25, 0.3) is 5.91 Å². The fraction of sp³-hybridized carbons (Fsp3) is 0.190. The van der Waals surface area contributed by atoms with Gasteiger partial charge in [0.1, 0.15) is 17.7 Å². The molecule has 1 aliphatic rings. The third-order valence-electron chi connectivity index (χ3n) is 4.69. The normalized spacial score (nSPS) is 17.4. The molecule has 5 heteroatoms. The molecule has 1 aliphatic heterocycles. The molecule has 0 saturated carbocycles. The molecule has 1 saturated heterocycles. The van der Waals surface area contributed by atoms with Crippen LogP contribution >= 0.6 is 0 Å². The highest BCUT2D eigenvalue weighted by Crippen LogP contribution is 2.28. The molecule has 3 aromatic rings. The Labute approximate surface area is 150 Å². The first-order valence-electron chi connectivity index (χ1n) is 8.50. The van der Waals surface area contributed by atoms with Gasteiger partial charge < -0.3 is 14.7 Å². The fourth-order valence-electron chi connectivity index (χ4n) is 3.28. The Hall–Kier alpha value is -2.92. The van der Waals surface area contributed by atoms with Crippen molar-refractivity contribution in [1.29, 1.82) is 0 Å². The average molecular weight is 351 g/mol. The molecule has 0 spiro atoms. The maximum Gasteiger partial charge on any atom is 0.257 e. The fourth-order valence-corrected chi connectivity index (χ4v) is 3.28. The SMILES string of the molecule is O=C(c1cc2ccccc2cc1O)N1CCOC(c2ccc(F)cc2)C1. The standard InChI is InChI=1S/C21H18FNO3/c22-17-7-5-14(6-8-17)20-13-23(9-10-26-20)21(25)18-11-15-3-1-2-4-16(15)12-19(18)24/h1-8,11-12,20,24H,9-10,13H2. The van der Waals surface area contributed by atoms with Gasteiger partial charge in [-0.2, -0.15) is 0 Å². The second-order valence-corrected chi connectivity index (χ2v) is 6.38. The topological polar surface area (TPSA) is 49.8 Å². The van der Waals surface area contributed by atoms with E-state index < -0.39 is 0 Å². The highest BCUT2D eigenvalue weighted by Gasteiger charge is 2.27. The Morgan fingerprint density at radius 3 is 2.50 bits per heavy atom. The average Bonchev–Trinajstić information content (AvgIpc) is 2.67. The second-order valence-electron chi connectivity index (χ2n) is 6.38. The van der Waals surface area contributed by atoms with E-state index in [0.29, 0.717) is 19.7 Å². The smallest absolute Gasteiger partial charge is 0.257 e. The Kier molecular flexibility index (Phi) is 4.31. The first kappa shape index (κ1) is 16.5. The molecule has 0 aliphatic carbocycles. The number of amides is 1. The van der Waals surface area contributed by atoms with Crippen molar-refractivity contribution in [3.63, 3.8) is 0 Å². The maximum atomic E-state index is 13.1. The minimum absolute atomic E-state index is 0.0291. The lowest BCUT2D eigenvalue weighted by molar-refractivity contribution is -0.0229. The third-order valence-corrected chi connectivity index (χ3v) is 4.69. The third kappa shape index (κ3) is 3.13. The van der Waals surface area contributed by atoms with Crippen LogP contribution in [0.1, 0.15) is 22.0 Å². The molecule has 1 fully saturated rings. The van der Waals surface area contributed by atoms with E-state index in [1.807, 2.05) is 24.3 Å². The summed E-state index contributed by atoms with van der Waals surface area (Å²) in [5, 5.41) is 12.1. The Bertz CT molecular complexity index is 955. The van der Waals surface area contributed by atoms with Crippen molar-refractivity contribution < 1.29 is 19.0 Å². The van der Waals surface area contributed by atoms with Crippen molar-refractivity contribution in [2.24, 2.45) is 0 Å². The summed E-state index contributed by atoms with van der Waals surface area (Å²) in [7, 11) is 0. The molecule has 4 rings (SSSR count). The van der Waals surface area contributed by atoms with Crippen LogP contribution in [0.5, 0.6) is 5.75 Å². The van der Waals surface area contributed by atoms with E-state index in [1.54, 1.807) is 29.2 Å². The number of ether oxygens (including phenoxy) is 1. The van der Waals surface area contributed by atoms with E-state index in [2.05, 4.69) is 0 Å². The molecule has 1 unspecified atom stereocenters. The quantitative estimate of drug-likeness (QED) is 0.762. The highest BCUT2D eigenvalue weighted by atomic mass is 19.1. The molecule has 4 nitrogen and oxygen atoms in total.